The van der Waals surface area contributed by atoms with Crippen molar-refractivity contribution >= 4 is 38.3 Å². The number of hydrogen-bond donors (Lipinski definition) is 5. The van der Waals surface area contributed by atoms with E-state index in [1.54, 1.807) is 0 Å². The molecule has 6 N–H and O–H groups in total. The normalized spacial score (nSPS) is 27.9. The lowest BCUT2D eigenvalue weighted by Crippen LogP contribution is -2.57. The van der Waals surface area contributed by atoms with Crippen molar-refractivity contribution in [3.05, 3.63) is 20.8 Å². The van der Waals surface area contributed by atoms with Crippen molar-refractivity contribution in [1.82, 2.24) is 19.5 Å². The molecule has 31 heavy (non-hydrogen) atoms. The highest BCUT2D eigenvalue weighted by Gasteiger charge is 2.61. The Hall–Kier alpha value is -2.40. The topological polar surface area (TPSA) is 335 Å². The zero-order valence-electron chi connectivity index (χ0n) is 14.6. The van der Waals surface area contributed by atoms with Gasteiger partial charge in [0.05, 0.1) is 0 Å². The number of ether oxygens (including phenoxy) is 1. The average molecular weight is 480 g/mol. The van der Waals surface area contributed by atoms with E-state index in [0.29, 0.717) is 4.57 Å². The summed E-state index contributed by atoms with van der Waals surface area (Å²) in [4.78, 5) is 69.4. The van der Waals surface area contributed by atoms with Crippen molar-refractivity contribution in [1.29, 1.82) is 0 Å². The molecule has 21 heteroatoms. The fourth-order valence-electron chi connectivity index (χ4n) is 3.01. The number of azide groups is 1. The summed E-state index contributed by atoms with van der Waals surface area (Å²) in [7, 11) is -12.5. The van der Waals surface area contributed by atoms with Crippen LogP contribution < -0.4 is 30.9 Å². The molecule has 1 saturated heterocycles. The first kappa shape index (κ1) is 23.3. The van der Waals surface area contributed by atoms with E-state index in [0.717, 1.165) is 0 Å². The highest BCUT2D eigenvalue weighted by molar-refractivity contribution is 7.51. The van der Waals surface area contributed by atoms with Crippen LogP contribution in [0.5, 0.6) is 0 Å². The van der Waals surface area contributed by atoms with Crippen LogP contribution in [0.1, 0.15) is 6.23 Å². The van der Waals surface area contributed by atoms with E-state index in [-0.39, 0.29) is 0 Å². The number of aromatic nitrogens is 4. The van der Waals surface area contributed by atoms with Crippen molar-refractivity contribution in [2.45, 2.75) is 29.6 Å². The Bertz CT molecular complexity index is 1240. The molecule has 1 aliphatic heterocycles. The van der Waals surface area contributed by atoms with Gasteiger partial charge < -0.3 is 54.5 Å². The minimum absolute atomic E-state index is 0.416. The van der Waals surface area contributed by atoms with E-state index in [2.05, 4.69) is 20.0 Å². The number of imidazole rings is 1. The molecule has 1 aliphatic rings. The van der Waals surface area contributed by atoms with Crippen LogP contribution in [0.3, 0.4) is 0 Å². The number of hydrogen-bond acceptors (Lipinski definition) is 15. The number of aliphatic hydroxyl groups is 3. The summed E-state index contributed by atoms with van der Waals surface area (Å²) in [6.07, 6.45) is -8.26. The van der Waals surface area contributed by atoms with Crippen molar-refractivity contribution in [3.63, 3.8) is 0 Å². The number of nitrogens with zero attached hydrogens (tertiary/aromatic N) is 6. The molecule has 3 rings (SSSR count). The quantitative estimate of drug-likeness (QED) is 0.115. The second kappa shape index (κ2) is 7.33. The van der Waals surface area contributed by atoms with Gasteiger partial charge in [-0.1, -0.05) is 0 Å². The minimum Gasteiger partial charge on any atom is -0.809 e. The predicted molar refractivity (Wildman–Crippen MR) is 87.5 cm³/mol. The summed E-state index contributed by atoms with van der Waals surface area (Å²) in [6, 6.07) is 0. The van der Waals surface area contributed by atoms with E-state index in [4.69, 9.17) is 16.0 Å². The van der Waals surface area contributed by atoms with Crippen LogP contribution in [0.15, 0.2) is 9.91 Å². The largest absolute Gasteiger partial charge is 0.809 e. The van der Waals surface area contributed by atoms with Crippen LogP contribution in [-0.2, 0) is 13.9 Å². The Balaban J connectivity index is 2.32. The van der Waals surface area contributed by atoms with Crippen LogP contribution in [-0.4, -0.2) is 58.2 Å². The first-order valence-electron chi connectivity index (χ1n) is 7.75. The molecule has 2 aromatic rings. The molecular weight excluding hydrogens is 470 g/mol. The monoisotopic (exact) mass is 480 g/mol. The highest BCUT2D eigenvalue weighted by Crippen LogP contribution is 2.58. The van der Waals surface area contributed by atoms with Gasteiger partial charge in [-0.25, -0.2) is 4.98 Å². The number of fused-ring (bicyclic) bond motifs is 1. The molecule has 0 aliphatic carbocycles. The van der Waals surface area contributed by atoms with Gasteiger partial charge in [-0.15, -0.1) is 0 Å². The van der Waals surface area contributed by atoms with Crippen LogP contribution in [0.2, 0.25) is 0 Å². The Morgan fingerprint density at radius 2 is 1.97 bits per heavy atom. The van der Waals surface area contributed by atoms with E-state index in [9.17, 15) is 48.8 Å². The smallest absolute Gasteiger partial charge is 0.280 e. The maximum Gasteiger partial charge on any atom is 0.280 e. The maximum absolute atomic E-state index is 12.0. The van der Waals surface area contributed by atoms with Gasteiger partial charge in [-0.2, -0.15) is 4.98 Å². The van der Waals surface area contributed by atoms with Gasteiger partial charge in [0, 0.05) is 4.91 Å². The van der Waals surface area contributed by atoms with E-state index in [1.807, 2.05) is 4.98 Å². The number of nitrogen functional groups attached to an aromatic ring is 1. The molecule has 0 amide bonds. The molecule has 0 spiro atoms. The molecular formula is C10H10N8O11P2-4. The van der Waals surface area contributed by atoms with Gasteiger partial charge in [0.2, 0.25) is 11.9 Å². The Morgan fingerprint density at radius 1 is 1.35 bits per heavy atom. The van der Waals surface area contributed by atoms with E-state index >= 15 is 0 Å². The van der Waals surface area contributed by atoms with Crippen molar-refractivity contribution < 1.29 is 48.8 Å². The third-order valence-corrected chi connectivity index (χ3v) is 6.70. The fraction of sp³-hybridized carbons (Fsp3) is 0.500. The molecule has 19 nitrogen and oxygen atoms in total. The number of nitrogens with two attached hydrogens (primary N) is 1. The second-order valence-electron chi connectivity index (χ2n) is 6.22. The molecule has 0 bridgehead atoms. The molecule has 1 unspecified atom stereocenters. The summed E-state index contributed by atoms with van der Waals surface area (Å²) in [5.41, 5.74) is 11.9. The molecule has 3 heterocycles. The molecule has 0 radical (unpaired) electrons. The average Bonchev–Trinajstić information content (AvgIpc) is 3.10. The summed E-state index contributed by atoms with van der Waals surface area (Å²) in [5, 5.41) is 29.5. The van der Waals surface area contributed by atoms with Crippen molar-refractivity contribution in [2.24, 2.45) is 5.11 Å². The molecule has 5 atom stereocenters. The second-order valence-corrected chi connectivity index (χ2v) is 9.54. The molecule has 1 fully saturated rings. The lowest BCUT2D eigenvalue weighted by atomic mass is 10.1. The first-order valence-corrected chi connectivity index (χ1v) is 10.9. The molecule has 2 aromatic heterocycles. The molecule has 0 aromatic carbocycles. The highest BCUT2D eigenvalue weighted by atomic mass is 31.2. The number of aliphatic hydroxyl groups excluding tert-OH is 2. The number of anilines is 1. The number of nitrogens with one attached hydrogen (secondary N) is 1. The van der Waals surface area contributed by atoms with Crippen LogP contribution in [0.25, 0.3) is 21.6 Å². The van der Waals surface area contributed by atoms with Gasteiger partial charge in [-0.3, -0.25) is 14.3 Å². The van der Waals surface area contributed by atoms with Crippen molar-refractivity contribution in [2.75, 3.05) is 5.73 Å². The molecule has 0 saturated carbocycles. The number of H-pyrrole nitrogens is 1. The zero-order chi connectivity index (χ0) is 23.5. The summed E-state index contributed by atoms with van der Waals surface area (Å²) >= 11 is 0. The third kappa shape index (κ3) is 3.53. The third-order valence-electron chi connectivity index (χ3n) is 4.38. The van der Waals surface area contributed by atoms with Gasteiger partial charge in [0.1, 0.15) is 23.4 Å². The fourth-order valence-corrected chi connectivity index (χ4v) is 4.72. The van der Waals surface area contributed by atoms with Gasteiger partial charge in [0.25, 0.3) is 5.56 Å². The maximum atomic E-state index is 12.0. The number of rotatable bonds is 5. The van der Waals surface area contributed by atoms with Gasteiger partial charge in [0.15, 0.2) is 17.4 Å². The Kier molecular flexibility index (Phi) is 5.50. The summed E-state index contributed by atoms with van der Waals surface area (Å²) < 4.78 is 28.2. The summed E-state index contributed by atoms with van der Waals surface area (Å²) in [5.74, 6) is -4.69. The lowest BCUT2D eigenvalue weighted by molar-refractivity contribution is -0.339. The minimum atomic E-state index is -6.44. The SMILES string of the molecule is [N-]=[N+]=Nc1nc2c(=O)[nH]c(N)nc2n1[C@@H]1O[C@H](C(O)P(=O)([O-])[O-])[C@](O)(P(=O)([O-])[O-])[C@H]1O. The van der Waals surface area contributed by atoms with Crippen LogP contribution in [0.4, 0.5) is 11.9 Å². The first-order chi connectivity index (χ1) is 14.1. The van der Waals surface area contributed by atoms with Crippen LogP contribution >= 0.6 is 15.2 Å². The standard InChI is InChI=1S/C10H14N8O11P2/c11-8-14-4-1(5(20)15-8)13-9(16-17-12)18(4)6-2(19)10(22,31(26,27)28)3(29-6)7(21)30(23,24)25/h2-3,6-7,19,21-22H,(H2,23,24,25)(H2,26,27,28)(H3,11,14,15,20)/p-4/t2-,3+,6+,7?,10+/m0/s1. The lowest BCUT2D eigenvalue weighted by Gasteiger charge is -2.50. The molecule has 170 valence electrons. The van der Waals surface area contributed by atoms with Crippen molar-refractivity contribution in [3.8, 4) is 0 Å². The van der Waals surface area contributed by atoms with Gasteiger partial charge >= 0.3 is 0 Å². The van der Waals surface area contributed by atoms with E-state index in [1.165, 1.54) is 0 Å². The number of aromatic amines is 1. The predicted octanol–water partition coefficient (Wildman–Crippen LogP) is -5.26. The Morgan fingerprint density at radius 3 is 2.48 bits per heavy atom. The van der Waals surface area contributed by atoms with E-state index < -0.39 is 73.4 Å². The van der Waals surface area contributed by atoms with Crippen LogP contribution in [0, 0.1) is 0 Å². The zero-order valence-corrected chi connectivity index (χ0v) is 16.4. The Labute approximate surface area is 168 Å². The van der Waals surface area contributed by atoms with Gasteiger partial charge in [-0.05, 0) is 25.8 Å². The summed E-state index contributed by atoms with van der Waals surface area (Å²) in [6.45, 7) is 0.